The lowest BCUT2D eigenvalue weighted by Crippen LogP contribution is -2.40. The molecule has 0 N–H and O–H groups in total. The Morgan fingerprint density at radius 2 is 1.93 bits per heavy atom. The Hall–Kier alpha value is -4.06. The van der Waals surface area contributed by atoms with E-state index >= 15 is 0 Å². The second-order valence-corrected chi connectivity index (χ2v) is 10.4. The van der Waals surface area contributed by atoms with Gasteiger partial charge >= 0.3 is 0 Å². The topological polar surface area (TPSA) is 81.8 Å². The quantitative estimate of drug-likeness (QED) is 0.215. The lowest BCUT2D eigenvalue weighted by atomic mass is 10.0. The van der Waals surface area contributed by atoms with Crippen molar-refractivity contribution in [1.29, 1.82) is 0 Å². The fourth-order valence-electron chi connectivity index (χ4n) is 4.90. The predicted octanol–water partition coefficient (Wildman–Crippen LogP) is 6.12. The molecule has 0 saturated carbocycles. The van der Waals surface area contributed by atoms with Gasteiger partial charge in [-0.3, -0.25) is 9.48 Å². The monoisotopic (exact) mass is 611 g/mol. The number of halogens is 6. The zero-order valence-corrected chi connectivity index (χ0v) is 22.6. The third-order valence-corrected chi connectivity index (χ3v) is 7.80. The maximum Gasteiger partial charge on any atom is 0.282 e. The summed E-state index contributed by atoms with van der Waals surface area (Å²) in [6.45, 7) is -0.467. The molecule has 3 aromatic rings. The Balaban J connectivity index is 1.29. The van der Waals surface area contributed by atoms with Gasteiger partial charge < -0.3 is 14.5 Å². The summed E-state index contributed by atoms with van der Waals surface area (Å²) >= 11 is 1.24. The molecule has 2 aliphatic rings. The van der Waals surface area contributed by atoms with E-state index in [1.165, 1.54) is 16.2 Å². The highest BCUT2D eigenvalue weighted by atomic mass is 32.1. The zero-order valence-electron chi connectivity index (χ0n) is 21.8. The smallest absolute Gasteiger partial charge is 0.282 e. The largest absolute Gasteiger partial charge is 0.481 e. The second kappa shape index (κ2) is 12.4. The third-order valence-electron chi connectivity index (χ3n) is 6.85. The van der Waals surface area contributed by atoms with Gasteiger partial charge in [-0.05, 0) is 25.3 Å². The molecule has 0 spiro atoms. The Kier molecular flexibility index (Phi) is 8.72. The first-order valence-corrected chi connectivity index (χ1v) is 13.7. The zero-order chi connectivity index (χ0) is 30.0. The molecule has 2 unspecified atom stereocenters. The highest BCUT2D eigenvalue weighted by Crippen LogP contribution is 2.37. The fourth-order valence-corrected chi connectivity index (χ4v) is 5.87. The fraction of sp³-hybridized carbons (Fsp3) is 0.407. The van der Waals surface area contributed by atoms with E-state index in [1.807, 2.05) is 0 Å². The van der Waals surface area contributed by atoms with Crippen molar-refractivity contribution in [2.45, 2.75) is 57.2 Å². The summed E-state index contributed by atoms with van der Waals surface area (Å²) in [5.41, 5.74) is -1.17. The molecule has 15 heteroatoms. The summed E-state index contributed by atoms with van der Waals surface area (Å²) in [5.74, 6) is -0.181. The van der Waals surface area contributed by atoms with Crippen LogP contribution in [0.2, 0.25) is 0 Å². The molecule has 8 nitrogen and oxygen atoms in total. The minimum absolute atomic E-state index is 0.0249. The molecule has 222 valence electrons. The Bertz CT molecular complexity index is 1510. The van der Waals surface area contributed by atoms with Gasteiger partial charge in [0.2, 0.25) is 5.91 Å². The summed E-state index contributed by atoms with van der Waals surface area (Å²) in [5, 5.41) is 9.70. The number of alkyl halides is 4. The van der Waals surface area contributed by atoms with Crippen molar-refractivity contribution in [3.05, 3.63) is 62.9 Å². The number of amides is 1. The van der Waals surface area contributed by atoms with Gasteiger partial charge in [0.25, 0.3) is 12.9 Å². The number of carbonyl (C=O) groups is 1. The number of rotatable bonds is 9. The Morgan fingerprint density at radius 1 is 1.17 bits per heavy atom. The number of aromatic nitrogens is 3. The van der Waals surface area contributed by atoms with Crippen LogP contribution in [0.1, 0.15) is 78.3 Å². The average molecular weight is 612 g/mol. The molecule has 2 atom stereocenters. The highest BCUT2D eigenvalue weighted by molar-refractivity contribution is 7.10. The van der Waals surface area contributed by atoms with Crippen LogP contribution in [0.25, 0.3) is 0 Å². The molecular weight excluding hydrogens is 588 g/mol. The number of carbonyl (C=O) groups excluding carboxylic acids is 1. The van der Waals surface area contributed by atoms with Crippen molar-refractivity contribution < 1.29 is 40.7 Å². The molecule has 1 amide bonds. The number of piperidine rings is 1. The van der Waals surface area contributed by atoms with Crippen LogP contribution in [0.3, 0.4) is 0 Å². The minimum atomic E-state index is -3.09. The maximum atomic E-state index is 14.7. The van der Waals surface area contributed by atoms with E-state index in [1.54, 1.807) is 5.38 Å². The van der Waals surface area contributed by atoms with Gasteiger partial charge in [-0.25, -0.2) is 31.3 Å². The Morgan fingerprint density at radius 3 is 2.62 bits per heavy atom. The van der Waals surface area contributed by atoms with Gasteiger partial charge in [-0.15, -0.1) is 17.8 Å². The third kappa shape index (κ3) is 6.08. The number of terminal acetylenes is 1. The summed E-state index contributed by atoms with van der Waals surface area (Å²) in [6, 6.07) is 2.12. The molecule has 2 aliphatic heterocycles. The number of oxime groups is 1. The van der Waals surface area contributed by atoms with Crippen LogP contribution in [-0.2, 0) is 16.2 Å². The van der Waals surface area contributed by atoms with E-state index in [9.17, 15) is 31.1 Å². The summed E-state index contributed by atoms with van der Waals surface area (Å²) in [6.07, 6.45) is -0.0837. The van der Waals surface area contributed by atoms with Crippen LogP contribution in [0.5, 0.6) is 5.75 Å². The van der Waals surface area contributed by atoms with E-state index in [0.29, 0.717) is 46.5 Å². The van der Waals surface area contributed by atoms with Crippen LogP contribution in [0.15, 0.2) is 28.7 Å². The normalized spacial score (nSPS) is 18.7. The van der Waals surface area contributed by atoms with Crippen molar-refractivity contribution in [3.63, 3.8) is 0 Å². The van der Waals surface area contributed by atoms with Crippen molar-refractivity contribution in [3.8, 4) is 18.1 Å². The van der Waals surface area contributed by atoms with Crippen LogP contribution in [0.4, 0.5) is 26.3 Å². The first-order valence-electron chi connectivity index (χ1n) is 12.8. The molecule has 0 bridgehead atoms. The SMILES string of the molecule is C#CCOc1cc(F)c(C2CC(c3csc(C4CCCCN4C(=O)Cn4nc(C(F)F)cc4C(F)F)n3)=NO2)c(F)c1. The first-order chi connectivity index (χ1) is 20.2. The van der Waals surface area contributed by atoms with Gasteiger partial charge in [0.1, 0.15) is 52.6 Å². The minimum Gasteiger partial charge on any atom is -0.481 e. The van der Waals surface area contributed by atoms with E-state index in [2.05, 4.69) is 21.2 Å². The van der Waals surface area contributed by atoms with Gasteiger partial charge in [0, 0.05) is 30.5 Å². The number of hydrogen-bond donors (Lipinski definition) is 0. The van der Waals surface area contributed by atoms with Crippen molar-refractivity contribution in [2.75, 3.05) is 13.2 Å². The van der Waals surface area contributed by atoms with E-state index in [4.69, 9.17) is 16.0 Å². The van der Waals surface area contributed by atoms with Crippen molar-refractivity contribution >= 4 is 23.0 Å². The van der Waals surface area contributed by atoms with Crippen molar-refractivity contribution in [1.82, 2.24) is 19.7 Å². The van der Waals surface area contributed by atoms with Crippen LogP contribution in [0, 0.1) is 24.0 Å². The predicted molar refractivity (Wildman–Crippen MR) is 138 cm³/mol. The van der Waals surface area contributed by atoms with Gasteiger partial charge in [-0.2, -0.15) is 5.10 Å². The summed E-state index contributed by atoms with van der Waals surface area (Å²) < 4.78 is 88.1. The van der Waals surface area contributed by atoms with E-state index in [0.717, 1.165) is 18.6 Å². The molecule has 1 fully saturated rings. The average Bonchev–Trinajstić information content (AvgIpc) is 3.71. The van der Waals surface area contributed by atoms with Crippen molar-refractivity contribution in [2.24, 2.45) is 5.16 Å². The van der Waals surface area contributed by atoms with E-state index < -0.39 is 60.5 Å². The standard InChI is InChI=1S/C27H23F6N5O3S/c1-2-7-40-14-8-15(28)24(16(29)9-14)22-11-17(36-41-22)19-13-42-27(34-19)20-5-3-4-6-37(20)23(39)12-38-21(26(32)33)10-18(35-38)25(30)31/h1,8-10,13,20,22,25-26H,3-7,11-12H2. The second-order valence-electron chi connectivity index (χ2n) is 9.55. The molecule has 5 rings (SSSR count). The Labute approximate surface area is 239 Å². The number of thiazole rings is 1. The van der Waals surface area contributed by atoms with Crippen LogP contribution < -0.4 is 4.74 Å². The van der Waals surface area contributed by atoms with Gasteiger partial charge in [0.05, 0.1) is 17.3 Å². The molecule has 2 aromatic heterocycles. The summed E-state index contributed by atoms with van der Waals surface area (Å²) in [4.78, 5) is 24.6. The molecule has 0 radical (unpaired) electrons. The lowest BCUT2D eigenvalue weighted by Gasteiger charge is -2.34. The van der Waals surface area contributed by atoms with Gasteiger partial charge in [-0.1, -0.05) is 11.1 Å². The maximum absolute atomic E-state index is 14.7. The van der Waals surface area contributed by atoms with Gasteiger partial charge in [0.15, 0.2) is 6.10 Å². The summed E-state index contributed by atoms with van der Waals surface area (Å²) in [7, 11) is 0. The number of hydrogen-bond acceptors (Lipinski definition) is 7. The number of nitrogens with zero attached hydrogens (tertiary/aromatic N) is 5. The number of ether oxygens (including phenoxy) is 1. The molecule has 1 saturated heterocycles. The first kappa shape index (κ1) is 29.4. The van der Waals surface area contributed by atoms with Crippen LogP contribution >= 0.6 is 11.3 Å². The highest BCUT2D eigenvalue weighted by Gasteiger charge is 2.34. The lowest BCUT2D eigenvalue weighted by molar-refractivity contribution is -0.136. The van der Waals surface area contributed by atoms with E-state index in [-0.39, 0.29) is 24.3 Å². The molecular formula is C27H23F6N5O3S. The number of benzene rings is 1. The molecule has 4 heterocycles. The molecule has 42 heavy (non-hydrogen) atoms. The van der Waals surface area contributed by atoms with Crippen LogP contribution in [-0.4, -0.2) is 44.4 Å². The molecule has 0 aliphatic carbocycles. The number of likely N-dealkylation sites (tertiary alicyclic amines) is 1. The molecule has 1 aromatic carbocycles.